The lowest BCUT2D eigenvalue weighted by atomic mass is 10.1. The number of fused-ring (bicyclic) bond motifs is 1. The van der Waals surface area contributed by atoms with E-state index in [1.807, 2.05) is 0 Å². The van der Waals surface area contributed by atoms with Gasteiger partial charge in [0, 0.05) is 48.8 Å². The molecule has 4 amide bonds. The molecule has 0 bridgehead atoms. The average molecular weight is 560 g/mol. The molecule has 0 unspecified atom stereocenters. The van der Waals surface area contributed by atoms with E-state index in [1.165, 1.54) is 31.5 Å². The molecule has 1 aliphatic heterocycles. The fourth-order valence-corrected chi connectivity index (χ4v) is 4.36. The lowest BCUT2D eigenvalue weighted by Crippen LogP contribution is -2.38. The number of carbonyl (C=O) groups excluding carboxylic acids is 3. The molecule has 5 rings (SSSR count). The molecule has 2 fully saturated rings. The molecule has 1 aliphatic carbocycles. The molecule has 10 nitrogen and oxygen atoms in total. The second-order valence-electron chi connectivity index (χ2n) is 9.23. The van der Waals surface area contributed by atoms with Crippen LogP contribution in [0.1, 0.15) is 36.0 Å². The third-order valence-corrected chi connectivity index (χ3v) is 6.72. The van der Waals surface area contributed by atoms with Crippen LogP contribution in [0.5, 0.6) is 17.2 Å². The van der Waals surface area contributed by atoms with Gasteiger partial charge in [-0.3, -0.25) is 14.6 Å². The normalized spacial score (nSPS) is 16.5. The summed E-state index contributed by atoms with van der Waals surface area (Å²) in [5.74, 6) is -3.44. The summed E-state index contributed by atoms with van der Waals surface area (Å²) in [4.78, 5) is 40.7. The first-order valence-corrected chi connectivity index (χ1v) is 12.6. The molecule has 13 heteroatoms. The maximum Gasteiger partial charge on any atom is 0.319 e. The van der Waals surface area contributed by atoms with Crippen molar-refractivity contribution in [3.63, 3.8) is 0 Å². The molecule has 2 aromatic carbocycles. The zero-order chi connectivity index (χ0) is 27.7. The van der Waals surface area contributed by atoms with Gasteiger partial charge >= 0.3 is 6.03 Å². The molecule has 0 spiro atoms. The summed E-state index contributed by atoms with van der Waals surface area (Å²) in [7, 11) is 1.39. The number of aromatic nitrogens is 1. The Hall–Kier alpha value is -4.19. The Morgan fingerprint density at radius 3 is 2.67 bits per heavy atom. The largest absolute Gasteiger partial charge is 0.496 e. The summed E-state index contributed by atoms with van der Waals surface area (Å²) < 4.78 is 41.1. The van der Waals surface area contributed by atoms with Crippen molar-refractivity contribution in [1.29, 1.82) is 0 Å². The number of urea groups is 1. The van der Waals surface area contributed by atoms with Crippen molar-refractivity contribution in [2.75, 3.05) is 19.0 Å². The maximum atomic E-state index is 15.1. The molecule has 4 N–H and O–H groups in total. The van der Waals surface area contributed by atoms with Crippen molar-refractivity contribution in [3.05, 3.63) is 52.7 Å². The number of hydrogen-bond donors (Lipinski definition) is 4. The van der Waals surface area contributed by atoms with Crippen molar-refractivity contribution in [1.82, 2.24) is 20.9 Å². The fourth-order valence-electron chi connectivity index (χ4n) is 4.17. The standard InChI is InChI=1S/C26H24ClF2N5O5/c1-38-20-10-17-14(8-15(20)25(36)31-11-13-4-5-21(35)32-13)19(6-7-30-17)39-24-16(28)9-18(22(27)23(24)29)34-26(37)33-12-2-3-12/h6-10,12-13H,2-5,11H2,1H3,(H,31,36)(H,32,35)(H2,33,34,37)/t13-/m1/s1. The zero-order valence-electron chi connectivity index (χ0n) is 20.7. The van der Waals surface area contributed by atoms with E-state index in [-0.39, 0.29) is 52.7 Å². The van der Waals surface area contributed by atoms with Crippen molar-refractivity contribution < 1.29 is 32.6 Å². The van der Waals surface area contributed by atoms with Crippen LogP contribution in [0, 0.1) is 11.6 Å². The Bertz CT molecular complexity index is 1480. The number of methoxy groups -OCH3 is 1. The molecule has 204 valence electrons. The molecule has 2 aliphatic rings. The number of amides is 4. The van der Waals surface area contributed by atoms with Gasteiger partial charge in [0.05, 0.1) is 23.9 Å². The number of benzene rings is 2. The van der Waals surface area contributed by atoms with Gasteiger partial charge < -0.3 is 30.7 Å². The summed E-state index contributed by atoms with van der Waals surface area (Å²) in [6.45, 7) is 0.218. The molecule has 39 heavy (non-hydrogen) atoms. The van der Waals surface area contributed by atoms with Crippen LogP contribution >= 0.6 is 11.6 Å². The van der Waals surface area contributed by atoms with Gasteiger partial charge in [-0.2, -0.15) is 0 Å². The molecular formula is C26H24ClF2N5O5. The number of hydrogen-bond acceptors (Lipinski definition) is 6. The lowest BCUT2D eigenvalue weighted by Gasteiger charge is -2.16. The Balaban J connectivity index is 1.42. The molecule has 1 aromatic heterocycles. The van der Waals surface area contributed by atoms with Gasteiger partial charge in [0.1, 0.15) is 16.5 Å². The van der Waals surface area contributed by atoms with Gasteiger partial charge in [-0.1, -0.05) is 11.6 Å². The number of nitrogens with one attached hydrogen (secondary N) is 4. The zero-order valence-corrected chi connectivity index (χ0v) is 21.5. The van der Waals surface area contributed by atoms with Crippen molar-refractivity contribution in [2.24, 2.45) is 0 Å². The summed E-state index contributed by atoms with van der Waals surface area (Å²) in [5, 5.41) is 10.3. The minimum Gasteiger partial charge on any atom is -0.496 e. The van der Waals surface area contributed by atoms with Crippen LogP contribution in [0.2, 0.25) is 5.02 Å². The highest BCUT2D eigenvalue weighted by atomic mass is 35.5. The lowest BCUT2D eigenvalue weighted by molar-refractivity contribution is -0.119. The Labute approximate surface area is 226 Å². The highest BCUT2D eigenvalue weighted by Gasteiger charge is 2.26. The van der Waals surface area contributed by atoms with Crippen LogP contribution in [0.3, 0.4) is 0 Å². The number of rotatable bonds is 8. The average Bonchev–Trinajstić information content (AvgIpc) is 3.63. The molecule has 1 atom stereocenters. The van der Waals surface area contributed by atoms with Crippen LogP contribution in [-0.2, 0) is 4.79 Å². The molecule has 1 saturated heterocycles. The summed E-state index contributed by atoms with van der Waals surface area (Å²) >= 11 is 6.08. The van der Waals surface area contributed by atoms with E-state index >= 15 is 4.39 Å². The van der Waals surface area contributed by atoms with E-state index in [4.69, 9.17) is 21.1 Å². The van der Waals surface area contributed by atoms with E-state index in [1.54, 1.807) is 0 Å². The van der Waals surface area contributed by atoms with Crippen LogP contribution in [0.25, 0.3) is 10.9 Å². The van der Waals surface area contributed by atoms with Crippen molar-refractivity contribution in [2.45, 2.75) is 37.8 Å². The van der Waals surface area contributed by atoms with Crippen LogP contribution < -0.4 is 30.7 Å². The molecular weight excluding hydrogens is 536 g/mol. The van der Waals surface area contributed by atoms with Crippen molar-refractivity contribution in [3.8, 4) is 17.2 Å². The summed E-state index contributed by atoms with van der Waals surface area (Å²) in [6, 6.07) is 4.42. The molecule has 0 radical (unpaired) electrons. The van der Waals surface area contributed by atoms with Gasteiger partial charge in [0.25, 0.3) is 5.91 Å². The number of nitrogens with zero attached hydrogens (tertiary/aromatic N) is 1. The highest BCUT2D eigenvalue weighted by molar-refractivity contribution is 6.34. The SMILES string of the molecule is COc1cc2nccc(Oc3c(F)cc(NC(=O)NC4CC4)c(Cl)c3F)c2cc1C(=O)NC[C@H]1CCC(=O)N1. The monoisotopic (exact) mass is 559 g/mol. The molecule has 1 saturated carbocycles. The fraction of sp³-hybridized carbons (Fsp3) is 0.308. The van der Waals surface area contributed by atoms with E-state index < -0.39 is 34.3 Å². The van der Waals surface area contributed by atoms with Gasteiger partial charge in [-0.15, -0.1) is 0 Å². The number of ether oxygens (including phenoxy) is 2. The Kier molecular flexibility index (Phi) is 7.38. The number of pyridine rings is 1. The first kappa shape index (κ1) is 26.4. The van der Waals surface area contributed by atoms with Crippen LogP contribution in [0.15, 0.2) is 30.5 Å². The van der Waals surface area contributed by atoms with Gasteiger partial charge in [-0.25, -0.2) is 13.6 Å². The van der Waals surface area contributed by atoms with Gasteiger partial charge in [0.2, 0.25) is 5.91 Å². The predicted octanol–water partition coefficient (Wildman–Crippen LogP) is 4.26. The highest BCUT2D eigenvalue weighted by Crippen LogP contribution is 2.39. The van der Waals surface area contributed by atoms with Gasteiger partial charge in [-0.05, 0) is 31.4 Å². The minimum atomic E-state index is -1.21. The third kappa shape index (κ3) is 5.80. The number of carbonyl (C=O) groups is 3. The first-order chi connectivity index (χ1) is 18.7. The quantitative estimate of drug-likeness (QED) is 0.305. The van der Waals surface area contributed by atoms with Gasteiger partial charge in [0.15, 0.2) is 17.4 Å². The van der Waals surface area contributed by atoms with Crippen molar-refractivity contribution >= 4 is 46.0 Å². The maximum absolute atomic E-state index is 15.1. The second kappa shape index (κ2) is 10.9. The van der Waals surface area contributed by atoms with Crippen LogP contribution in [-0.4, -0.2) is 48.6 Å². The predicted molar refractivity (Wildman–Crippen MR) is 138 cm³/mol. The topological polar surface area (TPSA) is 131 Å². The van der Waals surface area contributed by atoms with E-state index in [2.05, 4.69) is 26.3 Å². The number of halogens is 3. The summed E-state index contributed by atoms with van der Waals surface area (Å²) in [6.07, 6.45) is 4.05. The van der Waals surface area contributed by atoms with Crippen LogP contribution in [0.4, 0.5) is 19.3 Å². The van der Waals surface area contributed by atoms with E-state index in [9.17, 15) is 18.8 Å². The first-order valence-electron chi connectivity index (χ1n) is 12.2. The summed E-state index contributed by atoms with van der Waals surface area (Å²) in [5.41, 5.74) is 0.220. The molecule has 2 heterocycles. The minimum absolute atomic E-state index is 0.000752. The second-order valence-corrected chi connectivity index (χ2v) is 9.61. The van der Waals surface area contributed by atoms with E-state index in [0.29, 0.717) is 18.4 Å². The number of anilines is 1. The Morgan fingerprint density at radius 2 is 1.97 bits per heavy atom. The Morgan fingerprint density at radius 1 is 1.18 bits per heavy atom. The molecule has 3 aromatic rings. The smallest absolute Gasteiger partial charge is 0.319 e. The third-order valence-electron chi connectivity index (χ3n) is 6.35. The van der Waals surface area contributed by atoms with E-state index in [0.717, 1.165) is 18.9 Å².